The van der Waals surface area contributed by atoms with E-state index in [9.17, 15) is 4.79 Å². The highest BCUT2D eigenvalue weighted by molar-refractivity contribution is 6.42. The number of ether oxygens (including phenoxy) is 1. The van der Waals surface area contributed by atoms with Gasteiger partial charge in [-0.05, 0) is 32.0 Å². The Morgan fingerprint density at radius 2 is 2.06 bits per heavy atom. The lowest BCUT2D eigenvalue weighted by Gasteiger charge is -2.36. The molecular formula is C13H15Cl2NO2. The van der Waals surface area contributed by atoms with Gasteiger partial charge >= 0.3 is 0 Å². The standard InChI is InChI=1S/C13H15Cl2NO2/c1-8-7-18-9(2)6-16(8)13(17)10-3-4-11(14)12(15)5-10/h3-5,8-9H,6-7H2,1-2H3. The summed E-state index contributed by atoms with van der Waals surface area (Å²) in [6.45, 7) is 5.09. The maximum atomic E-state index is 12.4. The SMILES string of the molecule is CC1CN(C(=O)c2ccc(Cl)c(Cl)c2)C(C)CO1. The van der Waals surface area contributed by atoms with Crippen LogP contribution in [0.5, 0.6) is 0 Å². The van der Waals surface area contributed by atoms with Crippen LogP contribution in [-0.2, 0) is 4.74 Å². The quantitative estimate of drug-likeness (QED) is 0.794. The average molecular weight is 288 g/mol. The molecule has 0 bridgehead atoms. The van der Waals surface area contributed by atoms with Crippen molar-refractivity contribution in [2.45, 2.75) is 26.0 Å². The minimum absolute atomic E-state index is 0.0313. The van der Waals surface area contributed by atoms with E-state index in [0.29, 0.717) is 28.8 Å². The van der Waals surface area contributed by atoms with Gasteiger partial charge in [0, 0.05) is 12.1 Å². The molecule has 0 aliphatic carbocycles. The number of hydrogen-bond acceptors (Lipinski definition) is 2. The maximum absolute atomic E-state index is 12.4. The molecule has 2 unspecified atom stereocenters. The molecule has 5 heteroatoms. The summed E-state index contributed by atoms with van der Waals surface area (Å²) in [4.78, 5) is 14.2. The Labute approximate surface area is 117 Å². The molecule has 18 heavy (non-hydrogen) atoms. The number of halogens is 2. The number of carbonyl (C=O) groups excluding carboxylic acids is 1. The van der Waals surface area contributed by atoms with Gasteiger partial charge in [0.2, 0.25) is 0 Å². The zero-order chi connectivity index (χ0) is 13.3. The number of nitrogens with zero attached hydrogens (tertiary/aromatic N) is 1. The maximum Gasteiger partial charge on any atom is 0.254 e. The van der Waals surface area contributed by atoms with E-state index in [1.54, 1.807) is 18.2 Å². The van der Waals surface area contributed by atoms with Crippen LogP contribution >= 0.6 is 23.2 Å². The Morgan fingerprint density at radius 3 is 2.72 bits per heavy atom. The molecule has 2 rings (SSSR count). The fourth-order valence-corrected chi connectivity index (χ4v) is 2.28. The zero-order valence-corrected chi connectivity index (χ0v) is 11.8. The lowest BCUT2D eigenvalue weighted by atomic mass is 10.1. The number of rotatable bonds is 1. The average Bonchev–Trinajstić information content (AvgIpc) is 2.35. The second-order valence-corrected chi connectivity index (χ2v) is 5.39. The van der Waals surface area contributed by atoms with E-state index >= 15 is 0 Å². The number of hydrogen-bond donors (Lipinski definition) is 0. The van der Waals surface area contributed by atoms with E-state index in [1.165, 1.54) is 0 Å². The van der Waals surface area contributed by atoms with Gasteiger partial charge in [0.15, 0.2) is 0 Å². The fourth-order valence-electron chi connectivity index (χ4n) is 1.98. The first-order valence-electron chi connectivity index (χ1n) is 5.86. The number of morpholine rings is 1. The van der Waals surface area contributed by atoms with Gasteiger partial charge in [0.25, 0.3) is 5.91 Å². The summed E-state index contributed by atoms with van der Waals surface area (Å²) in [6.07, 6.45) is 0.0629. The van der Waals surface area contributed by atoms with Gasteiger partial charge in [-0.15, -0.1) is 0 Å². The van der Waals surface area contributed by atoms with E-state index in [1.807, 2.05) is 18.7 Å². The van der Waals surface area contributed by atoms with Crippen molar-refractivity contribution in [1.82, 2.24) is 4.90 Å². The third-order valence-corrected chi connectivity index (χ3v) is 3.77. The third kappa shape index (κ3) is 2.79. The molecule has 98 valence electrons. The molecule has 1 aromatic rings. The summed E-state index contributed by atoms with van der Waals surface area (Å²) >= 11 is 11.8. The first kappa shape index (κ1) is 13.7. The third-order valence-electron chi connectivity index (χ3n) is 3.04. The Hall–Kier alpha value is -0.770. The molecule has 0 radical (unpaired) electrons. The normalized spacial score (nSPS) is 24.1. The van der Waals surface area contributed by atoms with E-state index in [4.69, 9.17) is 27.9 Å². The summed E-state index contributed by atoms with van der Waals surface area (Å²) < 4.78 is 5.51. The van der Waals surface area contributed by atoms with Crippen LogP contribution in [0.2, 0.25) is 10.0 Å². The van der Waals surface area contributed by atoms with E-state index < -0.39 is 0 Å². The summed E-state index contributed by atoms with van der Waals surface area (Å²) in [5, 5.41) is 0.855. The molecule has 3 nitrogen and oxygen atoms in total. The van der Waals surface area contributed by atoms with Crippen molar-refractivity contribution >= 4 is 29.1 Å². The van der Waals surface area contributed by atoms with Crippen LogP contribution in [0.15, 0.2) is 18.2 Å². The second-order valence-electron chi connectivity index (χ2n) is 4.58. The van der Waals surface area contributed by atoms with Gasteiger partial charge < -0.3 is 9.64 Å². The summed E-state index contributed by atoms with van der Waals surface area (Å²) in [7, 11) is 0. The monoisotopic (exact) mass is 287 g/mol. The molecule has 1 fully saturated rings. The predicted molar refractivity (Wildman–Crippen MR) is 72.4 cm³/mol. The molecule has 0 spiro atoms. The van der Waals surface area contributed by atoms with Crippen LogP contribution < -0.4 is 0 Å². The van der Waals surface area contributed by atoms with Gasteiger partial charge in [-0.3, -0.25) is 4.79 Å². The molecular weight excluding hydrogens is 273 g/mol. The van der Waals surface area contributed by atoms with Crippen LogP contribution in [0.3, 0.4) is 0 Å². The first-order valence-corrected chi connectivity index (χ1v) is 6.62. The second kappa shape index (κ2) is 5.47. The van der Waals surface area contributed by atoms with Gasteiger partial charge in [0.05, 0.1) is 28.8 Å². The fraction of sp³-hybridized carbons (Fsp3) is 0.462. The van der Waals surface area contributed by atoms with E-state index in [0.717, 1.165) is 0 Å². The van der Waals surface area contributed by atoms with Gasteiger partial charge in [-0.25, -0.2) is 0 Å². The molecule has 1 amide bonds. The highest BCUT2D eigenvalue weighted by Crippen LogP contribution is 2.24. The van der Waals surface area contributed by atoms with Crippen molar-refractivity contribution in [2.24, 2.45) is 0 Å². The van der Waals surface area contributed by atoms with Crippen LogP contribution in [0.1, 0.15) is 24.2 Å². The smallest absolute Gasteiger partial charge is 0.254 e. The topological polar surface area (TPSA) is 29.5 Å². The summed E-state index contributed by atoms with van der Waals surface area (Å²) in [6, 6.07) is 5.02. The Morgan fingerprint density at radius 1 is 1.33 bits per heavy atom. The van der Waals surface area contributed by atoms with E-state index in [2.05, 4.69) is 0 Å². The Kier molecular flexibility index (Phi) is 4.15. The summed E-state index contributed by atoms with van der Waals surface area (Å²) in [5.74, 6) is -0.0313. The van der Waals surface area contributed by atoms with Crippen LogP contribution in [0.4, 0.5) is 0 Å². The van der Waals surface area contributed by atoms with Crippen LogP contribution in [0.25, 0.3) is 0 Å². The van der Waals surface area contributed by atoms with Crippen molar-refractivity contribution in [2.75, 3.05) is 13.2 Å². The Balaban J connectivity index is 2.21. The molecule has 1 heterocycles. The molecule has 1 aliphatic heterocycles. The van der Waals surface area contributed by atoms with Crippen molar-refractivity contribution < 1.29 is 9.53 Å². The van der Waals surface area contributed by atoms with Crippen molar-refractivity contribution in [3.8, 4) is 0 Å². The molecule has 2 atom stereocenters. The summed E-state index contributed by atoms with van der Waals surface area (Å²) in [5.41, 5.74) is 0.561. The lowest BCUT2D eigenvalue weighted by molar-refractivity contribution is -0.0387. The highest BCUT2D eigenvalue weighted by atomic mass is 35.5. The van der Waals surface area contributed by atoms with Gasteiger partial charge in [-0.2, -0.15) is 0 Å². The largest absolute Gasteiger partial charge is 0.375 e. The minimum atomic E-state index is -0.0313. The molecule has 1 aromatic carbocycles. The number of benzene rings is 1. The molecule has 1 aliphatic rings. The van der Waals surface area contributed by atoms with Crippen molar-refractivity contribution in [3.63, 3.8) is 0 Å². The first-order chi connectivity index (χ1) is 8.49. The zero-order valence-electron chi connectivity index (χ0n) is 10.3. The predicted octanol–water partition coefficient (Wildman–Crippen LogP) is 3.24. The Bertz CT molecular complexity index is 464. The van der Waals surface area contributed by atoms with Crippen molar-refractivity contribution in [3.05, 3.63) is 33.8 Å². The molecule has 0 N–H and O–H groups in total. The van der Waals surface area contributed by atoms with Crippen molar-refractivity contribution in [1.29, 1.82) is 0 Å². The lowest BCUT2D eigenvalue weighted by Crippen LogP contribution is -2.50. The molecule has 1 saturated heterocycles. The highest BCUT2D eigenvalue weighted by Gasteiger charge is 2.28. The van der Waals surface area contributed by atoms with E-state index in [-0.39, 0.29) is 18.1 Å². The van der Waals surface area contributed by atoms with Crippen LogP contribution in [0, 0.1) is 0 Å². The minimum Gasteiger partial charge on any atom is -0.375 e. The number of carbonyl (C=O) groups is 1. The van der Waals surface area contributed by atoms with Gasteiger partial charge in [0.1, 0.15) is 0 Å². The molecule has 0 aromatic heterocycles. The van der Waals surface area contributed by atoms with Crippen LogP contribution in [-0.4, -0.2) is 36.1 Å². The van der Waals surface area contributed by atoms with Gasteiger partial charge in [-0.1, -0.05) is 23.2 Å². The number of amides is 1. The molecule has 0 saturated carbocycles.